The Bertz CT molecular complexity index is 800. The molecule has 0 aromatic heterocycles. The summed E-state index contributed by atoms with van der Waals surface area (Å²) in [4.78, 5) is 27.9. The summed E-state index contributed by atoms with van der Waals surface area (Å²) in [6, 6.07) is 14.6. The number of aliphatic hydroxyl groups excluding tert-OH is 1. The molecule has 142 valence electrons. The van der Waals surface area contributed by atoms with E-state index in [0.29, 0.717) is 12.2 Å². The van der Waals surface area contributed by atoms with E-state index in [2.05, 4.69) is 5.32 Å². The zero-order chi connectivity index (χ0) is 19.2. The number of rotatable bonds is 6. The van der Waals surface area contributed by atoms with Gasteiger partial charge in [-0.25, -0.2) is 9.18 Å². The van der Waals surface area contributed by atoms with Crippen LogP contribution >= 0.6 is 0 Å². The van der Waals surface area contributed by atoms with Crippen LogP contribution in [0.1, 0.15) is 12.0 Å². The summed E-state index contributed by atoms with van der Waals surface area (Å²) in [6.07, 6.45) is 0.153. The highest BCUT2D eigenvalue weighted by Gasteiger charge is 2.32. The Labute approximate surface area is 157 Å². The van der Waals surface area contributed by atoms with E-state index in [1.165, 1.54) is 21.9 Å². The van der Waals surface area contributed by atoms with Gasteiger partial charge in [0.25, 0.3) is 0 Å². The van der Waals surface area contributed by atoms with Gasteiger partial charge in [0, 0.05) is 31.7 Å². The quantitative estimate of drug-likeness (QED) is 0.817. The number of hydrogen-bond donors (Lipinski definition) is 2. The smallest absolute Gasteiger partial charge is 0.318 e. The van der Waals surface area contributed by atoms with Gasteiger partial charge in [0.2, 0.25) is 5.91 Å². The Morgan fingerprint density at radius 2 is 2.00 bits per heavy atom. The first-order chi connectivity index (χ1) is 13.1. The zero-order valence-electron chi connectivity index (χ0n) is 14.8. The van der Waals surface area contributed by atoms with Crippen molar-refractivity contribution in [1.82, 2.24) is 10.2 Å². The molecule has 1 aliphatic heterocycles. The number of nitrogens with zero attached hydrogens (tertiary/aromatic N) is 2. The van der Waals surface area contributed by atoms with E-state index in [4.69, 9.17) is 0 Å². The average Bonchev–Trinajstić information content (AvgIpc) is 3.02. The van der Waals surface area contributed by atoms with E-state index in [9.17, 15) is 19.1 Å². The Hall–Kier alpha value is -2.93. The summed E-state index contributed by atoms with van der Waals surface area (Å²) in [5, 5.41) is 12.1. The van der Waals surface area contributed by atoms with Crippen molar-refractivity contribution in [3.63, 3.8) is 0 Å². The van der Waals surface area contributed by atoms with E-state index >= 15 is 0 Å². The van der Waals surface area contributed by atoms with Crippen molar-refractivity contribution in [2.24, 2.45) is 0 Å². The van der Waals surface area contributed by atoms with Crippen LogP contribution in [0.15, 0.2) is 54.6 Å². The number of carbonyl (C=O) groups excluding carboxylic acids is 2. The summed E-state index contributed by atoms with van der Waals surface area (Å²) < 4.78 is 13.4. The predicted octanol–water partition coefficient (Wildman–Crippen LogP) is 2.14. The van der Waals surface area contributed by atoms with Gasteiger partial charge in [-0.1, -0.05) is 36.4 Å². The van der Waals surface area contributed by atoms with Crippen LogP contribution in [0.3, 0.4) is 0 Å². The number of hydrogen-bond acceptors (Lipinski definition) is 3. The molecule has 2 aromatic rings. The maximum Gasteiger partial charge on any atom is 0.318 e. The molecular formula is C20H22FN3O3. The largest absolute Gasteiger partial charge is 0.395 e. The number of urea groups is 1. The Morgan fingerprint density at radius 3 is 2.70 bits per heavy atom. The van der Waals surface area contributed by atoms with Gasteiger partial charge in [-0.3, -0.25) is 4.79 Å². The van der Waals surface area contributed by atoms with Crippen LogP contribution in [0.4, 0.5) is 14.9 Å². The number of carbonyl (C=O) groups is 2. The maximum atomic E-state index is 13.4. The van der Waals surface area contributed by atoms with Crippen molar-refractivity contribution in [1.29, 1.82) is 0 Å². The topological polar surface area (TPSA) is 72.9 Å². The Morgan fingerprint density at radius 1 is 1.22 bits per heavy atom. The first-order valence-corrected chi connectivity index (χ1v) is 8.83. The summed E-state index contributed by atoms with van der Waals surface area (Å²) in [5.74, 6) is -0.576. The van der Waals surface area contributed by atoms with Crippen LogP contribution in [0.25, 0.3) is 0 Å². The molecule has 27 heavy (non-hydrogen) atoms. The second kappa shape index (κ2) is 8.64. The monoisotopic (exact) mass is 371 g/mol. The average molecular weight is 371 g/mol. The lowest BCUT2D eigenvalue weighted by Gasteiger charge is -2.24. The third kappa shape index (κ3) is 4.83. The Balaban J connectivity index is 1.63. The molecule has 2 aromatic carbocycles. The molecule has 1 fully saturated rings. The van der Waals surface area contributed by atoms with E-state index in [1.807, 2.05) is 30.3 Å². The molecule has 6 nitrogen and oxygen atoms in total. The summed E-state index contributed by atoms with van der Waals surface area (Å²) in [6.45, 7) is 0.683. The predicted molar refractivity (Wildman–Crippen MR) is 99.6 cm³/mol. The lowest BCUT2D eigenvalue weighted by molar-refractivity contribution is -0.117. The van der Waals surface area contributed by atoms with Gasteiger partial charge in [-0.15, -0.1) is 0 Å². The fourth-order valence-corrected chi connectivity index (χ4v) is 3.14. The van der Waals surface area contributed by atoms with Crippen LogP contribution in [-0.4, -0.2) is 47.7 Å². The van der Waals surface area contributed by atoms with Crippen molar-refractivity contribution >= 4 is 17.6 Å². The van der Waals surface area contributed by atoms with Gasteiger partial charge in [0.05, 0.1) is 12.6 Å². The summed E-state index contributed by atoms with van der Waals surface area (Å²) in [7, 11) is 0. The molecule has 0 unspecified atom stereocenters. The van der Waals surface area contributed by atoms with Gasteiger partial charge in [-0.2, -0.15) is 0 Å². The van der Waals surface area contributed by atoms with Crippen molar-refractivity contribution in [3.05, 3.63) is 66.0 Å². The van der Waals surface area contributed by atoms with Gasteiger partial charge in [0.15, 0.2) is 0 Å². The lowest BCUT2D eigenvalue weighted by atomic mass is 10.2. The standard InChI is InChI=1S/C20H22FN3O3/c21-16-7-4-8-18(11-16)24-14-17(12-19(24)26)22-20(27)23(9-10-25)13-15-5-2-1-3-6-15/h1-8,11,17,25H,9-10,12-14H2,(H,22,27)/t17-/m1/s1. The number of halogens is 1. The highest BCUT2D eigenvalue weighted by atomic mass is 19.1. The van der Waals surface area contributed by atoms with Crippen molar-refractivity contribution in [3.8, 4) is 0 Å². The molecule has 0 radical (unpaired) electrons. The molecule has 2 N–H and O–H groups in total. The van der Waals surface area contributed by atoms with E-state index in [0.717, 1.165) is 5.56 Å². The molecule has 7 heteroatoms. The van der Waals surface area contributed by atoms with Gasteiger partial charge in [0.1, 0.15) is 5.82 Å². The minimum atomic E-state index is -0.412. The second-order valence-electron chi connectivity index (χ2n) is 6.47. The third-order valence-corrected chi connectivity index (χ3v) is 4.45. The molecular weight excluding hydrogens is 349 g/mol. The van der Waals surface area contributed by atoms with Crippen molar-refractivity contribution < 1.29 is 19.1 Å². The Kier molecular flexibility index (Phi) is 6.03. The molecule has 1 heterocycles. The molecule has 1 atom stereocenters. The van der Waals surface area contributed by atoms with Gasteiger partial charge in [-0.05, 0) is 23.8 Å². The first kappa shape index (κ1) is 18.8. The number of nitrogens with one attached hydrogen (secondary N) is 1. The van der Waals surface area contributed by atoms with Gasteiger partial charge < -0.3 is 20.2 Å². The highest BCUT2D eigenvalue weighted by Crippen LogP contribution is 2.22. The van der Waals surface area contributed by atoms with Crippen LogP contribution in [-0.2, 0) is 11.3 Å². The fourth-order valence-electron chi connectivity index (χ4n) is 3.14. The molecule has 1 aliphatic rings. The molecule has 0 bridgehead atoms. The lowest BCUT2D eigenvalue weighted by Crippen LogP contribution is -2.46. The molecule has 0 aliphatic carbocycles. The maximum absolute atomic E-state index is 13.4. The minimum absolute atomic E-state index is 0.153. The number of amides is 3. The molecule has 0 spiro atoms. The van der Waals surface area contributed by atoms with Crippen LogP contribution in [0.5, 0.6) is 0 Å². The highest BCUT2D eigenvalue weighted by molar-refractivity contribution is 5.96. The number of aliphatic hydroxyl groups is 1. The van der Waals surface area contributed by atoms with E-state index in [1.54, 1.807) is 12.1 Å². The zero-order valence-corrected chi connectivity index (χ0v) is 14.8. The molecule has 0 saturated carbocycles. The molecule has 1 saturated heterocycles. The second-order valence-corrected chi connectivity index (χ2v) is 6.47. The minimum Gasteiger partial charge on any atom is -0.395 e. The number of benzene rings is 2. The first-order valence-electron chi connectivity index (χ1n) is 8.83. The van der Waals surface area contributed by atoms with Crippen LogP contribution < -0.4 is 10.2 Å². The molecule has 3 amide bonds. The van der Waals surface area contributed by atoms with Crippen molar-refractivity contribution in [2.45, 2.75) is 19.0 Å². The van der Waals surface area contributed by atoms with E-state index in [-0.39, 0.29) is 44.1 Å². The SMILES string of the molecule is O=C(N[C@@H]1CC(=O)N(c2cccc(F)c2)C1)N(CCO)Cc1ccccc1. The normalized spacial score (nSPS) is 16.4. The van der Waals surface area contributed by atoms with Crippen LogP contribution in [0, 0.1) is 5.82 Å². The van der Waals surface area contributed by atoms with Crippen LogP contribution in [0.2, 0.25) is 0 Å². The molecule has 3 rings (SSSR count). The fraction of sp³-hybridized carbons (Fsp3) is 0.300. The summed E-state index contributed by atoms with van der Waals surface area (Å²) >= 11 is 0. The number of anilines is 1. The van der Waals surface area contributed by atoms with Gasteiger partial charge >= 0.3 is 6.03 Å². The van der Waals surface area contributed by atoms with E-state index < -0.39 is 5.82 Å². The summed E-state index contributed by atoms with van der Waals surface area (Å²) in [5.41, 5.74) is 1.43. The third-order valence-electron chi connectivity index (χ3n) is 4.45. The van der Waals surface area contributed by atoms with Crippen molar-refractivity contribution in [2.75, 3.05) is 24.6 Å².